The van der Waals surface area contributed by atoms with Gasteiger partial charge in [0, 0.05) is 24.8 Å². The Morgan fingerprint density at radius 2 is 2.00 bits per heavy atom. The predicted molar refractivity (Wildman–Crippen MR) is 80.5 cm³/mol. The van der Waals surface area contributed by atoms with Gasteiger partial charge in [0.2, 0.25) is 5.91 Å². The first kappa shape index (κ1) is 13.6. The lowest BCUT2D eigenvalue weighted by molar-refractivity contribution is -0.115. The van der Waals surface area contributed by atoms with Crippen LogP contribution in [0.15, 0.2) is 18.2 Å². The van der Waals surface area contributed by atoms with Crippen LogP contribution in [0.3, 0.4) is 0 Å². The van der Waals surface area contributed by atoms with Crippen LogP contribution in [0.25, 0.3) is 0 Å². The lowest BCUT2D eigenvalue weighted by atomic mass is 10.1. The molecule has 20 heavy (non-hydrogen) atoms. The normalized spacial score (nSPS) is 19.2. The van der Waals surface area contributed by atoms with E-state index in [2.05, 4.69) is 27.7 Å². The molecule has 0 bridgehead atoms. The van der Waals surface area contributed by atoms with E-state index in [0.29, 0.717) is 6.54 Å². The Morgan fingerprint density at radius 3 is 2.75 bits per heavy atom. The van der Waals surface area contributed by atoms with E-state index in [1.165, 1.54) is 36.8 Å². The number of nitrogens with zero attached hydrogens (tertiary/aromatic N) is 1. The number of fused-ring (bicyclic) bond motifs is 1. The Hall–Kier alpha value is -1.39. The third-order valence-electron chi connectivity index (χ3n) is 4.42. The minimum Gasteiger partial charge on any atom is -0.325 e. The SMILES string of the molecule is CNCC(=O)Nc1ccc2c(c1)CN(C1CCCC1)C2. The number of nitrogens with one attached hydrogen (secondary N) is 2. The number of anilines is 1. The van der Waals surface area contributed by atoms with Crippen molar-refractivity contribution in [2.75, 3.05) is 18.9 Å². The van der Waals surface area contributed by atoms with E-state index < -0.39 is 0 Å². The van der Waals surface area contributed by atoms with Gasteiger partial charge in [0.25, 0.3) is 0 Å². The monoisotopic (exact) mass is 273 g/mol. The third-order valence-corrected chi connectivity index (χ3v) is 4.42. The van der Waals surface area contributed by atoms with E-state index in [1.54, 1.807) is 7.05 Å². The Labute approximate surface area is 120 Å². The van der Waals surface area contributed by atoms with Crippen LogP contribution >= 0.6 is 0 Å². The molecule has 1 heterocycles. The minimum atomic E-state index is 0.0121. The molecule has 1 aliphatic heterocycles. The smallest absolute Gasteiger partial charge is 0.238 e. The Morgan fingerprint density at radius 1 is 1.25 bits per heavy atom. The standard InChI is InChI=1S/C16H23N3O/c1-17-9-16(20)18-14-7-6-12-10-19(11-13(12)8-14)15-4-2-3-5-15/h6-8,15,17H,2-5,9-11H2,1H3,(H,18,20). The lowest BCUT2D eigenvalue weighted by Gasteiger charge is -2.22. The highest BCUT2D eigenvalue weighted by atomic mass is 16.1. The van der Waals surface area contributed by atoms with Crippen LogP contribution in [0.2, 0.25) is 0 Å². The number of carbonyl (C=O) groups excluding carboxylic acids is 1. The summed E-state index contributed by atoms with van der Waals surface area (Å²) in [4.78, 5) is 14.2. The zero-order chi connectivity index (χ0) is 13.9. The highest BCUT2D eigenvalue weighted by molar-refractivity contribution is 5.92. The Bertz CT molecular complexity index is 494. The molecular weight excluding hydrogens is 250 g/mol. The van der Waals surface area contributed by atoms with Crippen LogP contribution in [0.1, 0.15) is 36.8 Å². The average molecular weight is 273 g/mol. The second-order valence-corrected chi connectivity index (χ2v) is 5.91. The van der Waals surface area contributed by atoms with Gasteiger partial charge in [-0.2, -0.15) is 0 Å². The molecular formula is C16H23N3O. The molecule has 2 aliphatic rings. The zero-order valence-corrected chi connectivity index (χ0v) is 12.1. The van der Waals surface area contributed by atoms with Crippen LogP contribution in [0, 0.1) is 0 Å². The fourth-order valence-electron chi connectivity index (χ4n) is 3.39. The molecule has 1 aromatic carbocycles. The van der Waals surface area contributed by atoms with Crippen molar-refractivity contribution in [3.63, 3.8) is 0 Å². The fraction of sp³-hybridized carbons (Fsp3) is 0.562. The maximum absolute atomic E-state index is 11.6. The van der Waals surface area contributed by atoms with Gasteiger partial charge in [0.05, 0.1) is 6.54 Å². The predicted octanol–water partition coefficient (Wildman–Crippen LogP) is 2.10. The number of hydrogen-bond donors (Lipinski definition) is 2. The minimum absolute atomic E-state index is 0.0121. The summed E-state index contributed by atoms with van der Waals surface area (Å²) in [6, 6.07) is 7.09. The summed E-state index contributed by atoms with van der Waals surface area (Å²) >= 11 is 0. The molecule has 3 rings (SSSR count). The molecule has 0 unspecified atom stereocenters. The van der Waals surface area contributed by atoms with Gasteiger partial charge >= 0.3 is 0 Å². The van der Waals surface area contributed by atoms with Crippen LogP contribution in [-0.4, -0.2) is 30.4 Å². The van der Waals surface area contributed by atoms with Crippen molar-refractivity contribution in [1.82, 2.24) is 10.2 Å². The number of rotatable bonds is 4. The fourth-order valence-corrected chi connectivity index (χ4v) is 3.39. The van der Waals surface area contributed by atoms with Gasteiger partial charge < -0.3 is 10.6 Å². The summed E-state index contributed by atoms with van der Waals surface area (Å²) in [5, 5.41) is 5.80. The van der Waals surface area contributed by atoms with E-state index >= 15 is 0 Å². The summed E-state index contributed by atoms with van der Waals surface area (Å²) in [7, 11) is 1.78. The van der Waals surface area contributed by atoms with E-state index in [9.17, 15) is 4.79 Å². The Balaban J connectivity index is 1.66. The molecule has 0 atom stereocenters. The number of hydrogen-bond acceptors (Lipinski definition) is 3. The second-order valence-electron chi connectivity index (χ2n) is 5.91. The maximum atomic E-state index is 11.6. The van der Waals surface area contributed by atoms with Gasteiger partial charge in [-0.15, -0.1) is 0 Å². The topological polar surface area (TPSA) is 44.4 Å². The van der Waals surface area contributed by atoms with Crippen LogP contribution < -0.4 is 10.6 Å². The molecule has 1 saturated carbocycles. The summed E-state index contributed by atoms with van der Waals surface area (Å²) < 4.78 is 0. The molecule has 1 amide bonds. The van der Waals surface area contributed by atoms with Crippen LogP contribution in [0.5, 0.6) is 0 Å². The molecule has 1 fully saturated rings. The van der Waals surface area contributed by atoms with Crippen LogP contribution in [0.4, 0.5) is 5.69 Å². The highest BCUT2D eigenvalue weighted by Crippen LogP contribution is 2.32. The van der Waals surface area contributed by atoms with Gasteiger partial charge in [-0.1, -0.05) is 18.9 Å². The van der Waals surface area contributed by atoms with E-state index in [0.717, 1.165) is 24.8 Å². The van der Waals surface area contributed by atoms with Gasteiger partial charge in [0.15, 0.2) is 0 Å². The molecule has 1 aromatic rings. The Kier molecular flexibility index (Phi) is 4.03. The van der Waals surface area contributed by atoms with Crippen molar-refractivity contribution in [2.45, 2.75) is 44.8 Å². The van der Waals surface area contributed by atoms with Gasteiger partial charge in [0.1, 0.15) is 0 Å². The van der Waals surface area contributed by atoms with Gasteiger partial charge in [-0.3, -0.25) is 9.69 Å². The van der Waals surface area contributed by atoms with E-state index in [4.69, 9.17) is 0 Å². The summed E-state index contributed by atoms with van der Waals surface area (Å²) in [6.45, 7) is 2.46. The number of benzene rings is 1. The van der Waals surface area contributed by atoms with Gasteiger partial charge in [-0.25, -0.2) is 0 Å². The summed E-state index contributed by atoms with van der Waals surface area (Å²) in [5.74, 6) is 0.0121. The van der Waals surface area contributed by atoms with Crippen molar-refractivity contribution < 1.29 is 4.79 Å². The average Bonchev–Trinajstić information content (AvgIpc) is 3.07. The van der Waals surface area contributed by atoms with Crippen molar-refractivity contribution in [1.29, 1.82) is 0 Å². The molecule has 2 N–H and O–H groups in total. The summed E-state index contributed by atoms with van der Waals surface area (Å²) in [5.41, 5.74) is 3.71. The maximum Gasteiger partial charge on any atom is 0.238 e. The first-order valence-corrected chi connectivity index (χ1v) is 7.56. The number of carbonyl (C=O) groups is 1. The van der Waals surface area contributed by atoms with Crippen molar-refractivity contribution in [3.8, 4) is 0 Å². The van der Waals surface area contributed by atoms with Crippen molar-refractivity contribution >= 4 is 11.6 Å². The first-order valence-electron chi connectivity index (χ1n) is 7.56. The number of likely N-dealkylation sites (N-methyl/N-ethyl adjacent to an activating group) is 1. The third kappa shape index (κ3) is 2.86. The molecule has 4 nitrogen and oxygen atoms in total. The zero-order valence-electron chi connectivity index (χ0n) is 12.1. The van der Waals surface area contributed by atoms with Crippen molar-refractivity contribution in [2.24, 2.45) is 0 Å². The number of amides is 1. The van der Waals surface area contributed by atoms with Crippen molar-refractivity contribution in [3.05, 3.63) is 29.3 Å². The van der Waals surface area contributed by atoms with Crippen LogP contribution in [-0.2, 0) is 17.9 Å². The second kappa shape index (κ2) is 5.94. The van der Waals surface area contributed by atoms with E-state index in [1.807, 2.05) is 6.07 Å². The largest absolute Gasteiger partial charge is 0.325 e. The van der Waals surface area contributed by atoms with Gasteiger partial charge in [-0.05, 0) is 43.1 Å². The highest BCUT2D eigenvalue weighted by Gasteiger charge is 2.27. The summed E-state index contributed by atoms with van der Waals surface area (Å²) in [6.07, 6.45) is 5.45. The molecule has 0 spiro atoms. The quantitative estimate of drug-likeness (QED) is 0.883. The molecule has 0 saturated heterocycles. The first-order chi connectivity index (χ1) is 9.76. The molecule has 108 valence electrons. The molecule has 1 aliphatic carbocycles. The molecule has 0 radical (unpaired) electrons. The van der Waals surface area contributed by atoms with E-state index in [-0.39, 0.29) is 5.91 Å². The lowest BCUT2D eigenvalue weighted by Crippen LogP contribution is -2.27. The molecule has 4 heteroatoms. The molecule has 0 aromatic heterocycles.